The first kappa shape index (κ1) is 13.8. The summed E-state index contributed by atoms with van der Waals surface area (Å²) in [6.07, 6.45) is 0. The molecule has 3 heteroatoms. The third kappa shape index (κ3) is 2.69. The number of para-hydroxylation sites is 1. The highest BCUT2D eigenvalue weighted by Crippen LogP contribution is 2.30. The van der Waals surface area contributed by atoms with Gasteiger partial charge in [-0.15, -0.1) is 0 Å². The van der Waals surface area contributed by atoms with Gasteiger partial charge in [0.25, 0.3) is 0 Å². The van der Waals surface area contributed by atoms with Gasteiger partial charge in [-0.2, -0.15) is 0 Å². The van der Waals surface area contributed by atoms with Gasteiger partial charge in [-0.05, 0) is 48.9 Å². The van der Waals surface area contributed by atoms with Crippen molar-refractivity contribution in [2.45, 2.75) is 19.9 Å². The first-order valence-electron chi connectivity index (χ1n) is 7.17. The number of hydrogen-bond acceptors (Lipinski definition) is 2. The summed E-state index contributed by atoms with van der Waals surface area (Å²) in [5.41, 5.74) is 2.83. The van der Waals surface area contributed by atoms with Crippen molar-refractivity contribution in [3.05, 3.63) is 71.2 Å². The maximum absolute atomic E-state index is 13.3. The van der Waals surface area contributed by atoms with Gasteiger partial charge in [-0.3, -0.25) is 0 Å². The van der Waals surface area contributed by atoms with Crippen LogP contribution in [0.5, 0.6) is 0 Å². The van der Waals surface area contributed by atoms with Crippen LogP contribution in [0.1, 0.15) is 29.9 Å². The molecule has 3 aromatic rings. The largest absolute Gasteiger partial charge is 0.459 e. The molecule has 1 unspecified atom stereocenters. The van der Waals surface area contributed by atoms with E-state index in [1.165, 1.54) is 6.07 Å². The molecule has 1 heterocycles. The van der Waals surface area contributed by atoms with E-state index in [-0.39, 0.29) is 11.9 Å². The second-order valence-corrected chi connectivity index (χ2v) is 5.18. The molecule has 1 aromatic heterocycles. The topological polar surface area (TPSA) is 25.2 Å². The van der Waals surface area contributed by atoms with Gasteiger partial charge in [-0.1, -0.05) is 31.2 Å². The molecule has 2 aromatic carbocycles. The maximum atomic E-state index is 13.3. The van der Waals surface area contributed by atoms with E-state index < -0.39 is 0 Å². The normalized spacial score (nSPS) is 12.7. The highest BCUT2D eigenvalue weighted by atomic mass is 19.1. The number of rotatable bonds is 4. The van der Waals surface area contributed by atoms with Crippen LogP contribution in [0.15, 0.2) is 52.9 Å². The number of furan rings is 1. The molecule has 0 spiro atoms. The Morgan fingerprint density at radius 3 is 2.67 bits per heavy atom. The zero-order valence-electron chi connectivity index (χ0n) is 12.2. The van der Waals surface area contributed by atoms with Crippen LogP contribution in [0.2, 0.25) is 0 Å². The van der Waals surface area contributed by atoms with Crippen LogP contribution >= 0.6 is 0 Å². The van der Waals surface area contributed by atoms with Gasteiger partial charge in [0.15, 0.2) is 0 Å². The van der Waals surface area contributed by atoms with Crippen molar-refractivity contribution in [2.24, 2.45) is 0 Å². The predicted octanol–water partition coefficient (Wildman–Crippen LogP) is 4.58. The fourth-order valence-electron chi connectivity index (χ4n) is 2.68. The van der Waals surface area contributed by atoms with Crippen molar-refractivity contribution in [2.75, 3.05) is 6.54 Å². The van der Waals surface area contributed by atoms with Gasteiger partial charge in [0, 0.05) is 5.39 Å². The molecule has 0 fully saturated rings. The van der Waals surface area contributed by atoms with Crippen LogP contribution in [-0.2, 0) is 0 Å². The molecule has 1 atom stereocenters. The van der Waals surface area contributed by atoms with E-state index in [4.69, 9.17) is 4.42 Å². The minimum atomic E-state index is -0.212. The summed E-state index contributed by atoms with van der Waals surface area (Å²) < 4.78 is 19.3. The minimum absolute atomic E-state index is 0.0667. The Balaban J connectivity index is 2.08. The molecule has 3 rings (SSSR count). The van der Waals surface area contributed by atoms with Crippen molar-refractivity contribution < 1.29 is 8.81 Å². The third-order valence-electron chi connectivity index (χ3n) is 3.68. The second-order valence-electron chi connectivity index (χ2n) is 5.18. The lowest BCUT2D eigenvalue weighted by molar-refractivity contribution is 0.475. The Morgan fingerprint density at radius 2 is 1.95 bits per heavy atom. The fourth-order valence-corrected chi connectivity index (χ4v) is 2.68. The van der Waals surface area contributed by atoms with Gasteiger partial charge >= 0.3 is 0 Å². The van der Waals surface area contributed by atoms with Gasteiger partial charge in [-0.25, -0.2) is 4.39 Å². The van der Waals surface area contributed by atoms with Crippen LogP contribution in [0.4, 0.5) is 4.39 Å². The van der Waals surface area contributed by atoms with Gasteiger partial charge < -0.3 is 9.73 Å². The van der Waals surface area contributed by atoms with E-state index >= 15 is 0 Å². The van der Waals surface area contributed by atoms with Gasteiger partial charge in [0.2, 0.25) is 0 Å². The Hall–Kier alpha value is -2.13. The molecule has 0 saturated heterocycles. The number of fused-ring (bicyclic) bond motifs is 1. The van der Waals surface area contributed by atoms with Gasteiger partial charge in [0.05, 0.1) is 6.04 Å². The molecule has 108 valence electrons. The first-order valence-corrected chi connectivity index (χ1v) is 7.17. The minimum Gasteiger partial charge on any atom is -0.459 e. The number of nitrogens with one attached hydrogen (secondary N) is 1. The number of benzene rings is 2. The average molecular weight is 283 g/mol. The monoisotopic (exact) mass is 283 g/mol. The molecule has 0 aliphatic rings. The van der Waals surface area contributed by atoms with E-state index in [0.717, 1.165) is 34.4 Å². The molecular weight excluding hydrogens is 265 g/mol. The summed E-state index contributed by atoms with van der Waals surface area (Å²) in [4.78, 5) is 0. The third-order valence-corrected chi connectivity index (χ3v) is 3.68. The predicted molar refractivity (Wildman–Crippen MR) is 82.9 cm³/mol. The SMILES string of the molecule is CCNC(c1cc2ccccc2o1)c1ccc(F)cc1C. The quantitative estimate of drug-likeness (QED) is 0.758. The maximum Gasteiger partial charge on any atom is 0.134 e. The summed E-state index contributed by atoms with van der Waals surface area (Å²) in [6, 6.07) is 14.8. The van der Waals surface area contributed by atoms with Gasteiger partial charge in [0.1, 0.15) is 17.2 Å². The Kier molecular flexibility index (Phi) is 3.76. The molecule has 0 saturated carbocycles. The molecule has 0 aliphatic heterocycles. The highest BCUT2D eigenvalue weighted by molar-refractivity contribution is 5.78. The molecule has 0 aliphatic carbocycles. The standard InChI is InChI=1S/C18H18FNO/c1-3-20-18(15-9-8-14(19)10-12(15)2)17-11-13-6-4-5-7-16(13)21-17/h4-11,18,20H,3H2,1-2H3. The Bertz CT molecular complexity index is 730. The summed E-state index contributed by atoms with van der Waals surface area (Å²) in [5, 5.41) is 4.50. The molecule has 0 radical (unpaired) electrons. The average Bonchev–Trinajstić information content (AvgIpc) is 2.89. The van der Waals surface area contributed by atoms with Crippen molar-refractivity contribution in [1.29, 1.82) is 0 Å². The number of hydrogen-bond donors (Lipinski definition) is 1. The highest BCUT2D eigenvalue weighted by Gasteiger charge is 2.19. The van der Waals surface area contributed by atoms with Crippen molar-refractivity contribution in [3.63, 3.8) is 0 Å². The van der Waals surface area contributed by atoms with Crippen LogP contribution in [-0.4, -0.2) is 6.54 Å². The lowest BCUT2D eigenvalue weighted by atomic mass is 9.99. The zero-order valence-corrected chi connectivity index (χ0v) is 12.2. The lowest BCUT2D eigenvalue weighted by Gasteiger charge is -2.18. The summed E-state index contributed by atoms with van der Waals surface area (Å²) in [5.74, 6) is 0.642. The van der Waals surface area contributed by atoms with Crippen molar-refractivity contribution >= 4 is 11.0 Å². The van der Waals surface area contributed by atoms with E-state index in [0.29, 0.717) is 0 Å². The molecular formula is C18H18FNO. The number of halogens is 1. The second kappa shape index (κ2) is 5.70. The fraction of sp³-hybridized carbons (Fsp3) is 0.222. The van der Waals surface area contributed by atoms with E-state index in [9.17, 15) is 4.39 Å². The van der Waals surface area contributed by atoms with E-state index in [2.05, 4.69) is 12.2 Å². The van der Waals surface area contributed by atoms with Crippen LogP contribution in [0.3, 0.4) is 0 Å². The molecule has 1 N–H and O–H groups in total. The summed E-state index contributed by atoms with van der Waals surface area (Å²) in [7, 11) is 0. The number of aryl methyl sites for hydroxylation is 1. The van der Waals surface area contributed by atoms with E-state index in [1.807, 2.05) is 43.3 Å². The molecule has 0 amide bonds. The van der Waals surface area contributed by atoms with Crippen molar-refractivity contribution in [1.82, 2.24) is 5.32 Å². The molecule has 0 bridgehead atoms. The lowest BCUT2D eigenvalue weighted by Crippen LogP contribution is -2.22. The van der Waals surface area contributed by atoms with Crippen LogP contribution < -0.4 is 5.32 Å². The summed E-state index contributed by atoms with van der Waals surface area (Å²) in [6.45, 7) is 4.78. The first-order chi connectivity index (χ1) is 10.2. The summed E-state index contributed by atoms with van der Waals surface area (Å²) >= 11 is 0. The molecule has 21 heavy (non-hydrogen) atoms. The van der Waals surface area contributed by atoms with Crippen molar-refractivity contribution in [3.8, 4) is 0 Å². The zero-order chi connectivity index (χ0) is 14.8. The molecule has 2 nitrogen and oxygen atoms in total. The smallest absolute Gasteiger partial charge is 0.134 e. The Morgan fingerprint density at radius 1 is 1.14 bits per heavy atom. The van der Waals surface area contributed by atoms with E-state index in [1.54, 1.807) is 6.07 Å². The Labute approximate surface area is 123 Å². The van der Waals surface area contributed by atoms with Crippen LogP contribution in [0, 0.1) is 12.7 Å². The van der Waals surface area contributed by atoms with Crippen LogP contribution in [0.25, 0.3) is 11.0 Å².